The van der Waals surface area contributed by atoms with E-state index >= 15 is 0 Å². The SMILES string of the molecule is COCC(N)c1noc(-c2coc(C)c2)n1. The van der Waals surface area contributed by atoms with Crippen LogP contribution in [-0.4, -0.2) is 23.9 Å². The van der Waals surface area contributed by atoms with Crippen LogP contribution in [0.1, 0.15) is 17.6 Å². The largest absolute Gasteiger partial charge is 0.469 e. The average Bonchev–Trinajstić information content (AvgIpc) is 2.85. The van der Waals surface area contributed by atoms with E-state index in [-0.39, 0.29) is 6.04 Å². The lowest BCUT2D eigenvalue weighted by Gasteiger charge is -2.02. The maximum atomic E-state index is 5.77. The summed E-state index contributed by atoms with van der Waals surface area (Å²) in [5.74, 6) is 1.62. The summed E-state index contributed by atoms with van der Waals surface area (Å²) in [6, 6.07) is 1.44. The molecule has 2 aromatic heterocycles. The van der Waals surface area contributed by atoms with Crippen LogP contribution >= 0.6 is 0 Å². The molecule has 0 saturated carbocycles. The van der Waals surface area contributed by atoms with Crippen LogP contribution in [0.15, 0.2) is 21.3 Å². The van der Waals surface area contributed by atoms with Gasteiger partial charge in [0, 0.05) is 7.11 Å². The van der Waals surface area contributed by atoms with Crippen LogP contribution in [0.4, 0.5) is 0 Å². The number of nitrogens with two attached hydrogens (primary N) is 1. The van der Waals surface area contributed by atoms with Gasteiger partial charge in [0.2, 0.25) is 0 Å². The maximum Gasteiger partial charge on any atom is 0.261 e. The van der Waals surface area contributed by atoms with Crippen LogP contribution in [0.3, 0.4) is 0 Å². The highest BCUT2D eigenvalue weighted by atomic mass is 16.5. The Bertz CT molecular complexity index is 463. The van der Waals surface area contributed by atoms with Crippen molar-refractivity contribution in [1.29, 1.82) is 0 Å². The summed E-state index contributed by atoms with van der Waals surface area (Å²) in [5.41, 5.74) is 6.52. The van der Waals surface area contributed by atoms with Gasteiger partial charge in [0.25, 0.3) is 5.89 Å². The lowest BCUT2D eigenvalue weighted by molar-refractivity contribution is 0.177. The molecular formula is C10H13N3O3. The van der Waals surface area contributed by atoms with E-state index in [0.29, 0.717) is 18.3 Å². The fourth-order valence-electron chi connectivity index (χ4n) is 1.31. The lowest BCUT2D eigenvalue weighted by atomic mass is 10.3. The molecule has 6 heteroatoms. The van der Waals surface area contributed by atoms with Crippen molar-refractivity contribution in [1.82, 2.24) is 10.1 Å². The Balaban J connectivity index is 2.19. The highest BCUT2D eigenvalue weighted by Gasteiger charge is 2.16. The van der Waals surface area contributed by atoms with E-state index in [1.54, 1.807) is 13.4 Å². The zero-order chi connectivity index (χ0) is 11.5. The van der Waals surface area contributed by atoms with Gasteiger partial charge in [0.15, 0.2) is 5.82 Å². The van der Waals surface area contributed by atoms with Crippen molar-refractivity contribution < 1.29 is 13.7 Å². The summed E-state index contributed by atoms with van der Waals surface area (Å²) in [5, 5.41) is 3.79. The van der Waals surface area contributed by atoms with Crippen LogP contribution in [0, 0.1) is 6.92 Å². The first-order valence-corrected chi connectivity index (χ1v) is 4.84. The number of ether oxygens (including phenoxy) is 1. The number of rotatable bonds is 4. The van der Waals surface area contributed by atoms with Gasteiger partial charge in [-0.1, -0.05) is 5.16 Å². The molecule has 0 bridgehead atoms. The Kier molecular flexibility index (Phi) is 3.02. The Morgan fingerprint density at radius 3 is 3.00 bits per heavy atom. The fourth-order valence-corrected chi connectivity index (χ4v) is 1.31. The predicted octanol–water partition coefficient (Wildman–Crippen LogP) is 1.28. The monoisotopic (exact) mass is 223 g/mol. The van der Waals surface area contributed by atoms with Gasteiger partial charge >= 0.3 is 0 Å². The molecule has 0 aliphatic heterocycles. The van der Waals surface area contributed by atoms with E-state index in [1.807, 2.05) is 13.0 Å². The highest BCUT2D eigenvalue weighted by Crippen LogP contribution is 2.20. The highest BCUT2D eigenvalue weighted by molar-refractivity contribution is 5.51. The maximum absolute atomic E-state index is 5.77. The van der Waals surface area contributed by atoms with Crippen LogP contribution in [0.2, 0.25) is 0 Å². The lowest BCUT2D eigenvalue weighted by Crippen LogP contribution is -2.17. The molecule has 0 spiro atoms. The smallest absolute Gasteiger partial charge is 0.261 e. The van der Waals surface area contributed by atoms with E-state index in [9.17, 15) is 0 Å². The molecule has 0 aromatic carbocycles. The number of hydrogen-bond acceptors (Lipinski definition) is 6. The van der Waals surface area contributed by atoms with E-state index in [1.165, 1.54) is 0 Å². The summed E-state index contributed by atoms with van der Waals surface area (Å²) < 4.78 is 15.1. The van der Waals surface area contributed by atoms with Crippen LogP contribution in [0.5, 0.6) is 0 Å². The standard InChI is InChI=1S/C10H13N3O3/c1-6-3-7(4-15-6)10-12-9(13-16-10)8(11)5-14-2/h3-4,8H,5,11H2,1-2H3. The first-order valence-electron chi connectivity index (χ1n) is 4.84. The topological polar surface area (TPSA) is 87.3 Å². The first-order chi connectivity index (χ1) is 7.70. The molecule has 0 amide bonds. The Hall–Kier alpha value is -1.66. The van der Waals surface area contributed by atoms with Crippen molar-refractivity contribution in [3.8, 4) is 11.5 Å². The Morgan fingerprint density at radius 2 is 2.38 bits per heavy atom. The van der Waals surface area contributed by atoms with E-state index in [4.69, 9.17) is 19.4 Å². The summed E-state index contributed by atoms with van der Waals surface area (Å²) in [4.78, 5) is 4.17. The van der Waals surface area contributed by atoms with Crippen molar-refractivity contribution >= 4 is 0 Å². The van der Waals surface area contributed by atoms with Gasteiger partial charge in [-0.25, -0.2) is 0 Å². The molecule has 16 heavy (non-hydrogen) atoms. The second kappa shape index (κ2) is 4.46. The average molecular weight is 223 g/mol. The van der Waals surface area contributed by atoms with Gasteiger partial charge in [-0.3, -0.25) is 0 Å². The minimum atomic E-state index is -0.379. The summed E-state index contributed by atoms with van der Waals surface area (Å²) in [7, 11) is 1.57. The third-order valence-corrected chi connectivity index (χ3v) is 2.10. The van der Waals surface area contributed by atoms with Gasteiger partial charge in [-0.15, -0.1) is 0 Å². The molecule has 2 N–H and O–H groups in total. The van der Waals surface area contributed by atoms with Crippen molar-refractivity contribution in [3.05, 3.63) is 23.9 Å². The van der Waals surface area contributed by atoms with Gasteiger partial charge < -0.3 is 19.4 Å². The molecule has 2 aromatic rings. The van der Waals surface area contributed by atoms with Crippen LogP contribution in [0.25, 0.3) is 11.5 Å². The molecule has 0 aliphatic carbocycles. The predicted molar refractivity (Wildman–Crippen MR) is 55.5 cm³/mol. The van der Waals surface area contributed by atoms with Gasteiger partial charge in [0.05, 0.1) is 18.2 Å². The van der Waals surface area contributed by atoms with Crippen molar-refractivity contribution in [2.24, 2.45) is 5.73 Å². The zero-order valence-corrected chi connectivity index (χ0v) is 9.14. The molecule has 2 rings (SSSR count). The molecule has 86 valence electrons. The van der Waals surface area contributed by atoms with E-state index < -0.39 is 0 Å². The van der Waals surface area contributed by atoms with E-state index in [2.05, 4.69) is 10.1 Å². The van der Waals surface area contributed by atoms with Gasteiger partial charge in [-0.2, -0.15) is 4.98 Å². The van der Waals surface area contributed by atoms with Crippen LogP contribution < -0.4 is 5.73 Å². The Labute approximate surface area is 92.4 Å². The molecule has 1 atom stereocenters. The summed E-state index contributed by atoms with van der Waals surface area (Å²) in [6.07, 6.45) is 1.56. The number of hydrogen-bond donors (Lipinski definition) is 1. The van der Waals surface area contributed by atoms with Gasteiger partial charge in [-0.05, 0) is 13.0 Å². The molecular weight excluding hydrogens is 210 g/mol. The minimum Gasteiger partial charge on any atom is -0.469 e. The number of methoxy groups -OCH3 is 1. The Morgan fingerprint density at radius 1 is 1.56 bits per heavy atom. The molecule has 0 radical (unpaired) electrons. The van der Waals surface area contributed by atoms with Crippen molar-refractivity contribution in [3.63, 3.8) is 0 Å². The number of furan rings is 1. The number of aryl methyl sites for hydroxylation is 1. The fraction of sp³-hybridized carbons (Fsp3) is 0.400. The molecule has 6 nitrogen and oxygen atoms in total. The van der Waals surface area contributed by atoms with Gasteiger partial charge in [0.1, 0.15) is 12.0 Å². The second-order valence-electron chi connectivity index (χ2n) is 3.47. The quantitative estimate of drug-likeness (QED) is 0.840. The van der Waals surface area contributed by atoms with Crippen molar-refractivity contribution in [2.75, 3.05) is 13.7 Å². The summed E-state index contributed by atoms with van der Waals surface area (Å²) in [6.45, 7) is 2.20. The van der Waals surface area contributed by atoms with Crippen LogP contribution in [-0.2, 0) is 4.74 Å². The molecule has 0 aliphatic rings. The second-order valence-corrected chi connectivity index (χ2v) is 3.47. The summed E-state index contributed by atoms with van der Waals surface area (Å²) >= 11 is 0. The normalized spacial score (nSPS) is 12.9. The van der Waals surface area contributed by atoms with E-state index in [0.717, 1.165) is 11.3 Å². The van der Waals surface area contributed by atoms with Crippen molar-refractivity contribution in [2.45, 2.75) is 13.0 Å². The molecule has 0 fully saturated rings. The molecule has 2 heterocycles. The molecule has 0 saturated heterocycles. The molecule has 1 unspecified atom stereocenters. The number of nitrogens with zero attached hydrogens (tertiary/aromatic N) is 2. The number of aromatic nitrogens is 2. The first kappa shape index (κ1) is 10.8. The zero-order valence-electron chi connectivity index (χ0n) is 9.14. The third-order valence-electron chi connectivity index (χ3n) is 2.10. The minimum absolute atomic E-state index is 0.351. The third kappa shape index (κ3) is 2.12.